The summed E-state index contributed by atoms with van der Waals surface area (Å²) in [5.41, 5.74) is 0.0596. The minimum atomic E-state index is -1.38. The van der Waals surface area contributed by atoms with Crippen LogP contribution in [0.3, 0.4) is 0 Å². The second kappa shape index (κ2) is 9.04. The number of ether oxygens (including phenoxy) is 1. The molecule has 34 heavy (non-hydrogen) atoms. The molecule has 0 saturated carbocycles. The second-order valence-electron chi connectivity index (χ2n) is 8.00. The summed E-state index contributed by atoms with van der Waals surface area (Å²) in [5, 5.41) is 27.3. The molecule has 0 radical (unpaired) electrons. The van der Waals surface area contributed by atoms with Crippen LogP contribution in [0.5, 0.6) is 5.75 Å². The monoisotopic (exact) mass is 475 g/mol. The van der Waals surface area contributed by atoms with E-state index in [4.69, 9.17) is 14.9 Å². The van der Waals surface area contributed by atoms with E-state index in [2.05, 4.69) is 0 Å². The number of nitrogens with zero attached hydrogens (tertiary/aromatic N) is 3. The zero-order chi connectivity index (χ0) is 24.6. The van der Waals surface area contributed by atoms with Gasteiger partial charge in [0.05, 0.1) is 23.5 Å². The van der Waals surface area contributed by atoms with Gasteiger partial charge in [0.2, 0.25) is 0 Å². The normalized spacial score (nSPS) is 15.9. The predicted octanol–water partition coefficient (Wildman–Crippen LogP) is 0.725. The maximum Gasteiger partial charge on any atom is 0.352 e. The highest BCUT2D eigenvalue weighted by atomic mass is 19.1. The molecule has 0 aliphatic carbocycles. The SMILES string of the molecule is O=C(O)C=C(C(=O)O)N1CCN(c2c(F)cc3c(=O)c(CCC(=O)O)cn4c3c2OCC4)CC1. The van der Waals surface area contributed by atoms with Crippen LogP contribution < -0.4 is 15.1 Å². The topological polar surface area (TPSA) is 150 Å². The van der Waals surface area contributed by atoms with E-state index in [1.165, 1.54) is 4.90 Å². The highest BCUT2D eigenvalue weighted by Gasteiger charge is 2.30. The quantitative estimate of drug-likeness (QED) is 0.489. The maximum atomic E-state index is 15.3. The Balaban J connectivity index is 1.70. The molecule has 2 aromatic rings. The van der Waals surface area contributed by atoms with Crippen LogP contribution in [0.4, 0.5) is 10.1 Å². The number of pyridine rings is 1. The number of benzene rings is 1. The Kier molecular flexibility index (Phi) is 6.14. The van der Waals surface area contributed by atoms with Gasteiger partial charge in [0.15, 0.2) is 17.0 Å². The molecule has 2 aliphatic heterocycles. The minimum absolute atomic E-state index is 0.0292. The molecular weight excluding hydrogens is 453 g/mol. The van der Waals surface area contributed by atoms with Crippen LogP contribution >= 0.6 is 0 Å². The molecule has 2 aliphatic rings. The molecule has 180 valence electrons. The first-order valence-electron chi connectivity index (χ1n) is 10.6. The first kappa shape index (κ1) is 23.1. The second-order valence-corrected chi connectivity index (χ2v) is 8.00. The number of hydrogen-bond acceptors (Lipinski definition) is 7. The average Bonchev–Trinajstić information content (AvgIpc) is 2.78. The third-order valence-corrected chi connectivity index (χ3v) is 5.92. The van der Waals surface area contributed by atoms with Gasteiger partial charge in [-0.05, 0) is 12.5 Å². The van der Waals surface area contributed by atoms with Crippen LogP contribution in [0.15, 0.2) is 28.8 Å². The number of rotatable bonds is 7. The van der Waals surface area contributed by atoms with E-state index in [1.54, 1.807) is 15.7 Å². The summed E-state index contributed by atoms with van der Waals surface area (Å²) in [5.74, 6) is -4.26. The lowest BCUT2D eigenvalue weighted by Gasteiger charge is -2.38. The first-order chi connectivity index (χ1) is 16.2. The van der Waals surface area contributed by atoms with Gasteiger partial charge in [-0.1, -0.05) is 0 Å². The van der Waals surface area contributed by atoms with Crippen LogP contribution in [0.1, 0.15) is 12.0 Å². The summed E-state index contributed by atoms with van der Waals surface area (Å²) in [6.45, 7) is 1.31. The van der Waals surface area contributed by atoms with Gasteiger partial charge >= 0.3 is 17.9 Å². The number of carboxylic acids is 3. The van der Waals surface area contributed by atoms with Crippen LogP contribution in [0.2, 0.25) is 0 Å². The van der Waals surface area contributed by atoms with Gasteiger partial charge in [-0.15, -0.1) is 0 Å². The fourth-order valence-electron chi connectivity index (χ4n) is 4.40. The van der Waals surface area contributed by atoms with E-state index >= 15 is 4.39 Å². The molecule has 0 unspecified atom stereocenters. The summed E-state index contributed by atoms with van der Waals surface area (Å²) in [4.78, 5) is 49.4. The largest absolute Gasteiger partial charge is 0.487 e. The number of aliphatic carboxylic acids is 3. The highest BCUT2D eigenvalue weighted by Crippen LogP contribution is 2.40. The zero-order valence-electron chi connectivity index (χ0n) is 18.0. The first-order valence-corrected chi connectivity index (χ1v) is 10.6. The van der Waals surface area contributed by atoms with E-state index in [1.807, 2.05) is 0 Å². The van der Waals surface area contributed by atoms with Gasteiger partial charge in [0.1, 0.15) is 18.0 Å². The standard InChI is InChI=1S/C22H22FN3O8/c23-14-9-13-18-21(34-8-7-26(18)11-12(20(13)31)1-2-16(27)28)19(14)25-5-3-24(4-6-25)15(22(32)33)10-17(29)30/h9-11H,1-8H2,(H,27,28)(H,29,30)(H,32,33). The maximum absolute atomic E-state index is 15.3. The van der Waals surface area contributed by atoms with Gasteiger partial charge < -0.3 is 34.4 Å². The number of halogens is 1. The van der Waals surface area contributed by atoms with E-state index in [0.717, 1.165) is 6.07 Å². The lowest BCUT2D eigenvalue weighted by atomic mass is 10.0. The van der Waals surface area contributed by atoms with Gasteiger partial charge in [-0.3, -0.25) is 9.59 Å². The summed E-state index contributed by atoms with van der Waals surface area (Å²) < 4.78 is 22.9. The number of aromatic nitrogens is 1. The number of carboxylic acid groups (broad SMARTS) is 3. The van der Waals surface area contributed by atoms with Crippen molar-refractivity contribution in [3.05, 3.63) is 45.6 Å². The number of piperazine rings is 1. The van der Waals surface area contributed by atoms with Crippen molar-refractivity contribution in [2.45, 2.75) is 19.4 Å². The molecule has 0 spiro atoms. The van der Waals surface area contributed by atoms with Crippen molar-refractivity contribution in [2.75, 3.05) is 37.7 Å². The van der Waals surface area contributed by atoms with Gasteiger partial charge in [0.25, 0.3) is 0 Å². The molecule has 3 N–H and O–H groups in total. The van der Waals surface area contributed by atoms with Gasteiger partial charge in [-0.25, -0.2) is 14.0 Å². The Labute approximate surface area is 191 Å². The summed E-state index contributed by atoms with van der Waals surface area (Å²) in [7, 11) is 0. The summed E-state index contributed by atoms with van der Waals surface area (Å²) in [6.07, 6.45) is 2.03. The predicted molar refractivity (Wildman–Crippen MR) is 117 cm³/mol. The van der Waals surface area contributed by atoms with Crippen LogP contribution in [-0.2, 0) is 27.3 Å². The van der Waals surface area contributed by atoms with E-state index in [9.17, 15) is 24.3 Å². The molecule has 0 amide bonds. The molecule has 4 rings (SSSR count). The zero-order valence-corrected chi connectivity index (χ0v) is 18.0. The molecule has 12 heteroatoms. The number of anilines is 1. The van der Waals surface area contributed by atoms with E-state index < -0.39 is 29.2 Å². The van der Waals surface area contributed by atoms with Crippen molar-refractivity contribution < 1.29 is 38.8 Å². The van der Waals surface area contributed by atoms with Crippen LogP contribution in [0, 0.1) is 5.82 Å². The Hall–Kier alpha value is -4.09. The van der Waals surface area contributed by atoms with E-state index in [0.29, 0.717) is 18.1 Å². The minimum Gasteiger partial charge on any atom is -0.487 e. The Bertz CT molecular complexity index is 1280. The summed E-state index contributed by atoms with van der Waals surface area (Å²) >= 11 is 0. The molecule has 3 heterocycles. The molecule has 1 aromatic heterocycles. The van der Waals surface area contributed by atoms with Crippen molar-refractivity contribution in [3.63, 3.8) is 0 Å². The Morgan fingerprint density at radius 3 is 2.41 bits per heavy atom. The van der Waals surface area contributed by atoms with Crippen LogP contribution in [0.25, 0.3) is 10.9 Å². The van der Waals surface area contributed by atoms with Gasteiger partial charge in [-0.2, -0.15) is 0 Å². The average molecular weight is 475 g/mol. The van der Waals surface area contributed by atoms with Crippen molar-refractivity contribution in [3.8, 4) is 5.75 Å². The van der Waals surface area contributed by atoms with Crippen molar-refractivity contribution in [1.29, 1.82) is 0 Å². The highest BCUT2D eigenvalue weighted by molar-refractivity contribution is 5.94. The van der Waals surface area contributed by atoms with E-state index in [-0.39, 0.29) is 73.7 Å². The lowest BCUT2D eigenvalue weighted by Crippen LogP contribution is -2.47. The number of aryl methyl sites for hydroxylation is 1. The molecular formula is C22H22FN3O8. The van der Waals surface area contributed by atoms with Gasteiger partial charge in [0, 0.05) is 44.4 Å². The van der Waals surface area contributed by atoms with Crippen LogP contribution in [-0.4, -0.2) is 75.5 Å². The molecule has 11 nitrogen and oxygen atoms in total. The number of hydrogen-bond donors (Lipinski definition) is 3. The Morgan fingerprint density at radius 1 is 1.09 bits per heavy atom. The molecule has 1 fully saturated rings. The smallest absolute Gasteiger partial charge is 0.352 e. The summed E-state index contributed by atoms with van der Waals surface area (Å²) in [6, 6.07) is 1.13. The van der Waals surface area contributed by atoms with Crippen molar-refractivity contribution in [2.24, 2.45) is 0 Å². The fourth-order valence-corrected chi connectivity index (χ4v) is 4.40. The van der Waals surface area contributed by atoms with Crippen molar-refractivity contribution >= 4 is 34.5 Å². The molecule has 0 atom stereocenters. The Morgan fingerprint density at radius 2 is 1.79 bits per heavy atom. The third-order valence-electron chi connectivity index (χ3n) is 5.92. The molecule has 1 saturated heterocycles. The molecule has 1 aromatic carbocycles. The lowest BCUT2D eigenvalue weighted by molar-refractivity contribution is -0.137. The molecule has 0 bridgehead atoms. The number of carbonyl (C=O) groups is 3. The third kappa shape index (κ3) is 4.26. The van der Waals surface area contributed by atoms with Crippen molar-refractivity contribution in [1.82, 2.24) is 9.47 Å². The fraction of sp³-hybridized carbons (Fsp3) is 0.364.